The second kappa shape index (κ2) is 7.89. The molecule has 0 amide bonds. The first-order chi connectivity index (χ1) is 13.5. The van der Waals surface area contributed by atoms with Crippen molar-refractivity contribution in [1.82, 2.24) is 19.6 Å². The smallest absolute Gasteiger partial charge is 0.216 e. The normalized spacial score (nSPS) is 11.3. The van der Waals surface area contributed by atoms with Gasteiger partial charge in [0.05, 0.1) is 0 Å². The number of aryl methyl sites for hydroxylation is 2. The molecule has 0 radical (unpaired) electrons. The Morgan fingerprint density at radius 3 is 2.46 bits per heavy atom. The van der Waals surface area contributed by atoms with Crippen LogP contribution in [-0.4, -0.2) is 19.6 Å². The first kappa shape index (κ1) is 18.9. The fourth-order valence-electron chi connectivity index (χ4n) is 3.10. The molecular weight excluding hydrogens is 395 g/mol. The Balaban J connectivity index is 1.64. The van der Waals surface area contributed by atoms with Crippen molar-refractivity contribution >= 4 is 29.1 Å². The van der Waals surface area contributed by atoms with Crippen molar-refractivity contribution in [3.63, 3.8) is 0 Å². The van der Waals surface area contributed by atoms with Crippen molar-refractivity contribution in [2.75, 3.05) is 0 Å². The quantitative estimate of drug-likeness (QED) is 0.411. The van der Waals surface area contributed by atoms with Gasteiger partial charge < -0.3 is 0 Å². The van der Waals surface area contributed by atoms with Crippen LogP contribution in [0.2, 0.25) is 5.02 Å². The van der Waals surface area contributed by atoms with Crippen LogP contribution in [0.25, 0.3) is 5.78 Å². The number of halogens is 2. The topological polar surface area (TPSA) is 43.1 Å². The van der Waals surface area contributed by atoms with Crippen LogP contribution >= 0.6 is 23.4 Å². The molecule has 28 heavy (non-hydrogen) atoms. The van der Waals surface area contributed by atoms with E-state index >= 15 is 0 Å². The molecule has 0 fully saturated rings. The Kier molecular flexibility index (Phi) is 5.33. The molecule has 0 saturated heterocycles. The van der Waals surface area contributed by atoms with Gasteiger partial charge in [0.2, 0.25) is 5.16 Å². The summed E-state index contributed by atoms with van der Waals surface area (Å²) in [5.41, 5.74) is 4.40. The highest BCUT2D eigenvalue weighted by molar-refractivity contribution is 7.98. The highest BCUT2D eigenvalue weighted by atomic mass is 35.5. The number of aromatic nitrogens is 4. The van der Waals surface area contributed by atoms with E-state index in [-0.39, 0.29) is 5.82 Å². The molecule has 0 aliphatic heterocycles. The van der Waals surface area contributed by atoms with Crippen LogP contribution in [0.15, 0.2) is 53.7 Å². The number of rotatable bonds is 5. The second-order valence-corrected chi connectivity index (χ2v) is 7.87. The van der Waals surface area contributed by atoms with Crippen molar-refractivity contribution in [3.8, 4) is 0 Å². The van der Waals surface area contributed by atoms with Crippen LogP contribution in [0.1, 0.15) is 28.1 Å². The second-order valence-electron chi connectivity index (χ2n) is 6.52. The van der Waals surface area contributed by atoms with E-state index in [1.807, 2.05) is 44.2 Å². The Hall–Kier alpha value is -2.44. The summed E-state index contributed by atoms with van der Waals surface area (Å²) < 4.78 is 15.8. The van der Waals surface area contributed by atoms with Crippen molar-refractivity contribution < 1.29 is 4.39 Å². The molecule has 0 unspecified atom stereocenters. The van der Waals surface area contributed by atoms with E-state index in [9.17, 15) is 4.39 Å². The van der Waals surface area contributed by atoms with Crippen molar-refractivity contribution in [1.29, 1.82) is 0 Å². The van der Waals surface area contributed by atoms with E-state index in [0.717, 1.165) is 27.5 Å². The Morgan fingerprint density at radius 2 is 1.71 bits per heavy atom. The fourth-order valence-corrected chi connectivity index (χ4v) is 4.20. The van der Waals surface area contributed by atoms with Crippen LogP contribution < -0.4 is 0 Å². The SMILES string of the molecule is Cc1nc2nc(SCc3ccccc3Cl)nn2c(C)c1Cc1ccccc1F. The zero-order valence-corrected chi connectivity index (χ0v) is 17.1. The maximum absolute atomic E-state index is 14.1. The molecule has 4 nitrogen and oxygen atoms in total. The van der Waals surface area contributed by atoms with Gasteiger partial charge in [-0.2, -0.15) is 4.98 Å². The molecule has 4 rings (SSSR count). The highest BCUT2D eigenvalue weighted by Gasteiger charge is 2.15. The van der Waals surface area contributed by atoms with Gasteiger partial charge in [-0.25, -0.2) is 13.9 Å². The summed E-state index contributed by atoms with van der Waals surface area (Å²) in [6.07, 6.45) is 0.467. The van der Waals surface area contributed by atoms with Crippen LogP contribution in [0.3, 0.4) is 0 Å². The molecular formula is C21H18ClFN4S. The summed E-state index contributed by atoms with van der Waals surface area (Å²) in [6.45, 7) is 3.89. The largest absolute Gasteiger partial charge is 0.253 e. The van der Waals surface area contributed by atoms with Crippen LogP contribution in [0.5, 0.6) is 0 Å². The average molecular weight is 413 g/mol. The average Bonchev–Trinajstić information content (AvgIpc) is 3.09. The summed E-state index contributed by atoms with van der Waals surface area (Å²) in [5.74, 6) is 1.02. The number of hydrogen-bond acceptors (Lipinski definition) is 4. The highest BCUT2D eigenvalue weighted by Crippen LogP contribution is 2.26. The van der Waals surface area contributed by atoms with Crippen molar-refractivity contribution in [2.24, 2.45) is 0 Å². The Labute approximate surface area is 171 Å². The lowest BCUT2D eigenvalue weighted by Gasteiger charge is -2.10. The molecule has 142 valence electrons. The van der Waals surface area contributed by atoms with E-state index < -0.39 is 0 Å². The lowest BCUT2D eigenvalue weighted by molar-refractivity contribution is 0.613. The van der Waals surface area contributed by atoms with E-state index in [2.05, 4.69) is 15.1 Å². The number of thioether (sulfide) groups is 1. The maximum Gasteiger partial charge on any atom is 0.253 e. The third-order valence-electron chi connectivity index (χ3n) is 4.67. The van der Waals surface area contributed by atoms with Gasteiger partial charge in [0.1, 0.15) is 5.82 Å². The molecule has 2 aromatic heterocycles. The van der Waals surface area contributed by atoms with Gasteiger partial charge >= 0.3 is 0 Å². The summed E-state index contributed by atoms with van der Waals surface area (Å²) in [5, 5.41) is 5.96. The van der Waals surface area contributed by atoms with Gasteiger partial charge in [0.25, 0.3) is 5.78 Å². The molecule has 0 bridgehead atoms. The van der Waals surface area contributed by atoms with E-state index in [4.69, 9.17) is 11.6 Å². The first-order valence-electron chi connectivity index (χ1n) is 8.85. The van der Waals surface area contributed by atoms with Crippen LogP contribution in [0.4, 0.5) is 4.39 Å². The minimum atomic E-state index is -0.212. The lowest BCUT2D eigenvalue weighted by Crippen LogP contribution is -2.07. The van der Waals surface area contributed by atoms with E-state index in [1.54, 1.807) is 16.6 Å². The summed E-state index contributed by atoms with van der Waals surface area (Å²) in [7, 11) is 0. The monoisotopic (exact) mass is 412 g/mol. The minimum absolute atomic E-state index is 0.212. The minimum Gasteiger partial charge on any atom is -0.216 e. The number of nitrogens with zero attached hydrogens (tertiary/aromatic N) is 4. The predicted molar refractivity (Wildman–Crippen MR) is 110 cm³/mol. The van der Waals surface area contributed by atoms with Crippen molar-refractivity contribution in [3.05, 3.63) is 87.4 Å². The zero-order chi connectivity index (χ0) is 19.7. The van der Waals surface area contributed by atoms with E-state index in [0.29, 0.717) is 28.7 Å². The van der Waals surface area contributed by atoms with Crippen LogP contribution in [0, 0.1) is 19.7 Å². The van der Waals surface area contributed by atoms with Gasteiger partial charge in [0, 0.05) is 28.6 Å². The fraction of sp³-hybridized carbons (Fsp3) is 0.190. The van der Waals surface area contributed by atoms with Gasteiger partial charge in [-0.1, -0.05) is 59.8 Å². The molecule has 0 saturated carbocycles. The van der Waals surface area contributed by atoms with Gasteiger partial charge in [-0.05, 0) is 42.7 Å². The van der Waals surface area contributed by atoms with Gasteiger partial charge in [-0.3, -0.25) is 0 Å². The number of benzene rings is 2. The zero-order valence-electron chi connectivity index (χ0n) is 15.5. The molecule has 4 aromatic rings. The number of hydrogen-bond donors (Lipinski definition) is 0. The molecule has 0 aliphatic rings. The third kappa shape index (κ3) is 3.75. The molecule has 2 heterocycles. The van der Waals surface area contributed by atoms with Gasteiger partial charge in [0.15, 0.2) is 0 Å². The third-order valence-corrected chi connectivity index (χ3v) is 5.92. The standard InChI is InChI=1S/C21H18ClFN4S/c1-13-17(11-15-7-4-6-10-19(15)23)14(2)27-20(24-13)25-21(26-27)28-12-16-8-3-5-9-18(16)22/h3-10H,11-12H2,1-2H3. The molecule has 2 aromatic carbocycles. The predicted octanol–water partition coefficient (Wildman–Crippen LogP) is 5.42. The Morgan fingerprint density at radius 1 is 1.00 bits per heavy atom. The van der Waals surface area contributed by atoms with Gasteiger partial charge in [-0.15, -0.1) is 5.10 Å². The van der Waals surface area contributed by atoms with E-state index in [1.165, 1.54) is 17.8 Å². The summed E-state index contributed by atoms with van der Waals surface area (Å²) in [6, 6.07) is 14.5. The Bertz CT molecular complexity index is 1160. The lowest BCUT2D eigenvalue weighted by atomic mass is 10.0. The summed E-state index contributed by atoms with van der Waals surface area (Å²) >= 11 is 7.74. The molecule has 0 atom stereocenters. The van der Waals surface area contributed by atoms with Crippen molar-refractivity contribution in [2.45, 2.75) is 31.2 Å². The first-order valence-corrected chi connectivity index (χ1v) is 10.2. The molecule has 0 aliphatic carbocycles. The summed E-state index contributed by atoms with van der Waals surface area (Å²) in [4.78, 5) is 9.11. The molecule has 0 N–H and O–H groups in total. The maximum atomic E-state index is 14.1. The molecule has 0 spiro atoms. The van der Waals surface area contributed by atoms with Crippen LogP contribution in [-0.2, 0) is 12.2 Å². The molecule has 7 heteroatoms. The number of fused-ring (bicyclic) bond motifs is 1.